The van der Waals surface area contributed by atoms with Crippen LogP contribution < -0.4 is 4.90 Å². The second-order valence-corrected chi connectivity index (χ2v) is 6.04. The van der Waals surface area contributed by atoms with Gasteiger partial charge in [-0.15, -0.1) is 0 Å². The molecule has 0 radical (unpaired) electrons. The molecule has 24 heavy (non-hydrogen) atoms. The largest absolute Gasteiger partial charge is 0.469 e. The zero-order chi connectivity index (χ0) is 17.7. The SMILES string of the molecule is COC(=O)CCCCCC(=O)N1CC(C)c2ccc([N+](=O)[O-])cc21. The Morgan fingerprint density at radius 1 is 1.29 bits per heavy atom. The lowest BCUT2D eigenvalue weighted by Crippen LogP contribution is -2.29. The maximum atomic E-state index is 12.5. The van der Waals surface area contributed by atoms with Crippen LogP contribution >= 0.6 is 0 Å². The molecule has 0 saturated carbocycles. The van der Waals surface area contributed by atoms with Crippen LogP contribution in [0.25, 0.3) is 0 Å². The molecule has 0 aromatic heterocycles. The molecule has 1 unspecified atom stereocenters. The first-order chi connectivity index (χ1) is 11.4. The Hall–Kier alpha value is -2.44. The molecule has 1 heterocycles. The molecule has 0 spiro atoms. The molecule has 7 nitrogen and oxygen atoms in total. The number of carbonyl (C=O) groups is 2. The van der Waals surface area contributed by atoms with E-state index in [2.05, 4.69) is 4.74 Å². The van der Waals surface area contributed by atoms with E-state index in [4.69, 9.17) is 0 Å². The third-order valence-corrected chi connectivity index (χ3v) is 4.30. The summed E-state index contributed by atoms with van der Waals surface area (Å²) in [7, 11) is 1.36. The summed E-state index contributed by atoms with van der Waals surface area (Å²) in [4.78, 5) is 35.6. The Morgan fingerprint density at radius 2 is 2.00 bits per heavy atom. The van der Waals surface area contributed by atoms with Crippen molar-refractivity contribution in [2.45, 2.75) is 44.9 Å². The minimum Gasteiger partial charge on any atom is -0.469 e. The standard InChI is InChI=1S/C17H22N2O5/c1-12-11-18(15-10-13(19(22)23)8-9-14(12)15)16(20)6-4-3-5-7-17(21)24-2/h8-10,12H,3-7,11H2,1-2H3. The molecule has 0 saturated heterocycles. The van der Waals surface area contributed by atoms with Crippen molar-refractivity contribution >= 4 is 23.3 Å². The molecule has 1 amide bonds. The monoisotopic (exact) mass is 334 g/mol. The summed E-state index contributed by atoms with van der Waals surface area (Å²) >= 11 is 0. The second-order valence-electron chi connectivity index (χ2n) is 6.04. The number of hydrogen-bond acceptors (Lipinski definition) is 5. The number of anilines is 1. The van der Waals surface area contributed by atoms with E-state index < -0.39 is 4.92 Å². The van der Waals surface area contributed by atoms with E-state index in [-0.39, 0.29) is 23.5 Å². The fraction of sp³-hybridized carbons (Fsp3) is 0.529. The van der Waals surface area contributed by atoms with Gasteiger partial charge >= 0.3 is 5.97 Å². The summed E-state index contributed by atoms with van der Waals surface area (Å²) in [5.41, 5.74) is 1.62. The van der Waals surface area contributed by atoms with Crippen molar-refractivity contribution in [3.05, 3.63) is 33.9 Å². The van der Waals surface area contributed by atoms with E-state index in [9.17, 15) is 19.7 Å². The summed E-state index contributed by atoms with van der Waals surface area (Å²) in [5, 5.41) is 10.9. The molecule has 2 rings (SSSR count). The molecular formula is C17H22N2O5. The van der Waals surface area contributed by atoms with E-state index >= 15 is 0 Å². The molecule has 0 aliphatic carbocycles. The van der Waals surface area contributed by atoms with Crippen LogP contribution in [0.3, 0.4) is 0 Å². The van der Waals surface area contributed by atoms with Crippen LogP contribution in [0.2, 0.25) is 0 Å². The first-order valence-corrected chi connectivity index (χ1v) is 8.09. The number of unbranched alkanes of at least 4 members (excludes halogenated alkanes) is 2. The highest BCUT2D eigenvalue weighted by molar-refractivity contribution is 5.96. The first-order valence-electron chi connectivity index (χ1n) is 8.09. The van der Waals surface area contributed by atoms with Crippen LogP contribution in [-0.2, 0) is 14.3 Å². The van der Waals surface area contributed by atoms with Crippen molar-refractivity contribution in [2.24, 2.45) is 0 Å². The van der Waals surface area contributed by atoms with Crippen LogP contribution in [0.15, 0.2) is 18.2 Å². The molecule has 1 atom stereocenters. The fourth-order valence-corrected chi connectivity index (χ4v) is 2.96. The van der Waals surface area contributed by atoms with Crippen LogP contribution in [0.4, 0.5) is 11.4 Å². The quantitative estimate of drug-likeness (QED) is 0.331. The minimum absolute atomic E-state index is 0.00118. The topological polar surface area (TPSA) is 89.8 Å². The molecule has 1 aliphatic rings. The average molecular weight is 334 g/mol. The zero-order valence-corrected chi connectivity index (χ0v) is 14.0. The Morgan fingerprint density at radius 3 is 2.67 bits per heavy atom. The summed E-state index contributed by atoms with van der Waals surface area (Å²) in [6, 6.07) is 4.70. The summed E-state index contributed by atoms with van der Waals surface area (Å²) < 4.78 is 4.57. The van der Waals surface area contributed by atoms with Crippen molar-refractivity contribution in [1.82, 2.24) is 0 Å². The van der Waals surface area contributed by atoms with Gasteiger partial charge in [0.05, 0.1) is 17.7 Å². The second kappa shape index (κ2) is 7.90. The van der Waals surface area contributed by atoms with Gasteiger partial charge in [-0.3, -0.25) is 19.7 Å². The molecule has 1 aromatic carbocycles. The van der Waals surface area contributed by atoms with E-state index in [1.807, 2.05) is 6.92 Å². The highest BCUT2D eigenvalue weighted by Crippen LogP contribution is 2.38. The van der Waals surface area contributed by atoms with Gasteiger partial charge in [-0.2, -0.15) is 0 Å². The third kappa shape index (κ3) is 4.10. The molecular weight excluding hydrogens is 312 g/mol. The normalized spacial score (nSPS) is 15.9. The van der Waals surface area contributed by atoms with E-state index in [1.54, 1.807) is 11.0 Å². The lowest BCUT2D eigenvalue weighted by molar-refractivity contribution is -0.384. The predicted octanol–water partition coefficient (Wildman–Crippen LogP) is 3.17. The Bertz CT molecular complexity index is 644. The maximum absolute atomic E-state index is 12.5. The summed E-state index contributed by atoms with van der Waals surface area (Å²) in [5.74, 6) is -0.0980. The maximum Gasteiger partial charge on any atom is 0.305 e. The molecule has 0 N–H and O–H groups in total. The Labute approximate surface area is 140 Å². The third-order valence-electron chi connectivity index (χ3n) is 4.30. The number of nitrogens with zero attached hydrogens (tertiary/aromatic N) is 2. The van der Waals surface area contributed by atoms with Gasteiger partial charge in [-0.1, -0.05) is 13.3 Å². The summed E-state index contributed by atoms with van der Waals surface area (Å²) in [6.45, 7) is 2.56. The van der Waals surface area contributed by atoms with Crippen molar-refractivity contribution in [3.63, 3.8) is 0 Å². The number of methoxy groups -OCH3 is 1. The Kier molecular flexibility index (Phi) is 5.89. The molecule has 130 valence electrons. The number of benzene rings is 1. The number of rotatable bonds is 7. The van der Waals surface area contributed by atoms with Crippen LogP contribution in [-0.4, -0.2) is 30.5 Å². The van der Waals surface area contributed by atoms with Crippen molar-refractivity contribution in [3.8, 4) is 0 Å². The van der Waals surface area contributed by atoms with Gasteiger partial charge in [0, 0.05) is 37.4 Å². The zero-order valence-electron chi connectivity index (χ0n) is 14.0. The molecule has 7 heteroatoms. The van der Waals surface area contributed by atoms with Crippen LogP contribution in [0.1, 0.15) is 50.5 Å². The number of carbonyl (C=O) groups excluding carboxylic acids is 2. The van der Waals surface area contributed by atoms with Gasteiger partial charge in [0.1, 0.15) is 0 Å². The number of amides is 1. The van der Waals surface area contributed by atoms with E-state index in [1.165, 1.54) is 19.2 Å². The summed E-state index contributed by atoms with van der Waals surface area (Å²) in [6.07, 6.45) is 2.88. The van der Waals surface area contributed by atoms with Gasteiger partial charge in [-0.05, 0) is 24.5 Å². The van der Waals surface area contributed by atoms with Gasteiger partial charge in [-0.25, -0.2) is 0 Å². The highest BCUT2D eigenvalue weighted by atomic mass is 16.6. The molecule has 1 aromatic rings. The minimum atomic E-state index is -0.446. The molecule has 0 fully saturated rings. The predicted molar refractivity (Wildman–Crippen MR) is 89.0 cm³/mol. The highest BCUT2D eigenvalue weighted by Gasteiger charge is 2.30. The first kappa shape index (κ1) is 17.9. The smallest absolute Gasteiger partial charge is 0.305 e. The van der Waals surface area contributed by atoms with Crippen molar-refractivity contribution in [2.75, 3.05) is 18.6 Å². The van der Waals surface area contributed by atoms with Crippen molar-refractivity contribution in [1.29, 1.82) is 0 Å². The molecule has 1 aliphatic heterocycles. The molecule has 0 bridgehead atoms. The van der Waals surface area contributed by atoms with Crippen LogP contribution in [0.5, 0.6) is 0 Å². The number of ether oxygens (including phenoxy) is 1. The van der Waals surface area contributed by atoms with E-state index in [0.29, 0.717) is 37.9 Å². The van der Waals surface area contributed by atoms with Gasteiger partial charge in [0.2, 0.25) is 5.91 Å². The van der Waals surface area contributed by atoms with E-state index in [0.717, 1.165) is 12.0 Å². The number of esters is 1. The number of nitro benzene ring substituents is 1. The average Bonchev–Trinajstić information content (AvgIpc) is 2.90. The van der Waals surface area contributed by atoms with Crippen molar-refractivity contribution < 1.29 is 19.2 Å². The van der Waals surface area contributed by atoms with Crippen LogP contribution in [0, 0.1) is 10.1 Å². The lowest BCUT2D eigenvalue weighted by atomic mass is 10.0. The number of nitro groups is 1. The van der Waals surface area contributed by atoms with Gasteiger partial charge in [0.15, 0.2) is 0 Å². The Balaban J connectivity index is 1.93. The fourth-order valence-electron chi connectivity index (χ4n) is 2.96. The number of fused-ring (bicyclic) bond motifs is 1. The van der Waals surface area contributed by atoms with Gasteiger partial charge < -0.3 is 9.64 Å². The lowest BCUT2D eigenvalue weighted by Gasteiger charge is -2.17. The number of non-ortho nitro benzene ring substituents is 1. The van der Waals surface area contributed by atoms with Gasteiger partial charge in [0.25, 0.3) is 5.69 Å². The number of hydrogen-bond donors (Lipinski definition) is 0.